The van der Waals surface area contributed by atoms with Gasteiger partial charge in [0.1, 0.15) is 0 Å². The van der Waals surface area contributed by atoms with Crippen molar-refractivity contribution >= 4 is 10.0 Å². The standard InChI is InChI=1S/C8H13NO4S/c1-14(11,12)9-4-2-8(10)7-3-5-13-6-7/h3,5-6,8-10H,2,4H2,1H3. The van der Waals surface area contributed by atoms with Crippen LogP contribution in [0.25, 0.3) is 0 Å². The first kappa shape index (κ1) is 11.2. The van der Waals surface area contributed by atoms with Gasteiger partial charge in [-0.3, -0.25) is 0 Å². The molecule has 0 aliphatic heterocycles. The van der Waals surface area contributed by atoms with Crippen LogP contribution in [-0.4, -0.2) is 26.3 Å². The van der Waals surface area contributed by atoms with E-state index in [1.165, 1.54) is 12.5 Å². The molecule has 1 aromatic rings. The van der Waals surface area contributed by atoms with E-state index in [-0.39, 0.29) is 6.54 Å². The molecule has 1 heterocycles. The highest BCUT2D eigenvalue weighted by molar-refractivity contribution is 7.88. The molecule has 1 aromatic heterocycles. The summed E-state index contributed by atoms with van der Waals surface area (Å²) in [5.41, 5.74) is 0.653. The average Bonchev–Trinajstić information content (AvgIpc) is 2.53. The van der Waals surface area contributed by atoms with Crippen molar-refractivity contribution in [1.29, 1.82) is 0 Å². The van der Waals surface area contributed by atoms with E-state index in [4.69, 9.17) is 4.42 Å². The maximum atomic E-state index is 10.7. The van der Waals surface area contributed by atoms with Crippen molar-refractivity contribution in [2.24, 2.45) is 0 Å². The Morgan fingerprint density at radius 1 is 1.64 bits per heavy atom. The highest BCUT2D eigenvalue weighted by atomic mass is 32.2. The quantitative estimate of drug-likeness (QED) is 0.744. The van der Waals surface area contributed by atoms with Gasteiger partial charge in [0.05, 0.1) is 24.9 Å². The van der Waals surface area contributed by atoms with Gasteiger partial charge in [-0.1, -0.05) is 0 Å². The zero-order valence-corrected chi connectivity index (χ0v) is 8.62. The number of aliphatic hydroxyl groups is 1. The Hall–Kier alpha value is -0.850. The number of furan rings is 1. The van der Waals surface area contributed by atoms with Gasteiger partial charge < -0.3 is 9.52 Å². The van der Waals surface area contributed by atoms with Gasteiger partial charge in [-0.2, -0.15) is 0 Å². The molecule has 0 saturated heterocycles. The van der Waals surface area contributed by atoms with Crippen molar-refractivity contribution in [2.45, 2.75) is 12.5 Å². The van der Waals surface area contributed by atoms with Crippen LogP contribution in [0.15, 0.2) is 23.0 Å². The summed E-state index contributed by atoms with van der Waals surface area (Å²) in [5.74, 6) is 0. The second kappa shape index (κ2) is 4.59. The Kier molecular flexibility index (Phi) is 3.68. The smallest absolute Gasteiger partial charge is 0.208 e. The molecule has 80 valence electrons. The van der Waals surface area contributed by atoms with Crippen LogP contribution in [-0.2, 0) is 10.0 Å². The Balaban J connectivity index is 2.33. The molecular formula is C8H13NO4S. The monoisotopic (exact) mass is 219 g/mol. The molecular weight excluding hydrogens is 206 g/mol. The molecule has 1 rings (SSSR count). The van der Waals surface area contributed by atoms with Crippen molar-refractivity contribution in [3.63, 3.8) is 0 Å². The minimum atomic E-state index is -3.17. The van der Waals surface area contributed by atoms with Crippen LogP contribution in [0.5, 0.6) is 0 Å². The van der Waals surface area contributed by atoms with Gasteiger partial charge in [-0.15, -0.1) is 0 Å². The minimum absolute atomic E-state index is 0.213. The topological polar surface area (TPSA) is 79.5 Å². The average molecular weight is 219 g/mol. The second-order valence-electron chi connectivity index (χ2n) is 3.03. The van der Waals surface area contributed by atoms with Crippen molar-refractivity contribution in [3.8, 4) is 0 Å². The van der Waals surface area contributed by atoms with E-state index in [1.54, 1.807) is 6.07 Å². The summed E-state index contributed by atoms with van der Waals surface area (Å²) in [4.78, 5) is 0. The van der Waals surface area contributed by atoms with Crippen LogP contribution < -0.4 is 4.72 Å². The summed E-state index contributed by atoms with van der Waals surface area (Å²) >= 11 is 0. The molecule has 14 heavy (non-hydrogen) atoms. The Labute approximate surface area is 82.8 Å². The largest absolute Gasteiger partial charge is 0.472 e. The lowest BCUT2D eigenvalue weighted by Crippen LogP contribution is -2.24. The molecule has 0 aromatic carbocycles. The second-order valence-corrected chi connectivity index (χ2v) is 4.86. The third-order valence-corrected chi connectivity index (χ3v) is 2.44. The van der Waals surface area contributed by atoms with Crippen LogP contribution >= 0.6 is 0 Å². The Bertz CT molecular complexity index is 357. The number of rotatable bonds is 5. The normalized spacial score (nSPS) is 14.1. The molecule has 0 amide bonds. The minimum Gasteiger partial charge on any atom is -0.472 e. The van der Waals surface area contributed by atoms with Crippen LogP contribution in [0.3, 0.4) is 0 Å². The predicted octanol–water partition coefficient (Wildman–Crippen LogP) is 0.252. The number of hydrogen-bond acceptors (Lipinski definition) is 4. The van der Waals surface area contributed by atoms with Crippen molar-refractivity contribution in [2.75, 3.05) is 12.8 Å². The van der Waals surface area contributed by atoms with E-state index in [2.05, 4.69) is 4.72 Å². The summed E-state index contributed by atoms with van der Waals surface area (Å²) in [6.45, 7) is 0.213. The molecule has 6 heteroatoms. The van der Waals surface area contributed by atoms with E-state index in [9.17, 15) is 13.5 Å². The van der Waals surface area contributed by atoms with E-state index >= 15 is 0 Å². The fourth-order valence-corrected chi connectivity index (χ4v) is 1.50. The first-order valence-electron chi connectivity index (χ1n) is 4.14. The molecule has 1 atom stereocenters. The molecule has 1 unspecified atom stereocenters. The molecule has 0 aliphatic carbocycles. The first-order chi connectivity index (χ1) is 6.49. The zero-order valence-electron chi connectivity index (χ0n) is 7.80. The fraction of sp³-hybridized carbons (Fsp3) is 0.500. The molecule has 0 fully saturated rings. The van der Waals surface area contributed by atoms with Gasteiger partial charge in [-0.25, -0.2) is 13.1 Å². The molecule has 0 saturated carbocycles. The molecule has 0 radical (unpaired) electrons. The Morgan fingerprint density at radius 2 is 2.36 bits per heavy atom. The van der Waals surface area contributed by atoms with Gasteiger partial charge >= 0.3 is 0 Å². The van der Waals surface area contributed by atoms with Crippen molar-refractivity contribution in [3.05, 3.63) is 24.2 Å². The summed E-state index contributed by atoms with van der Waals surface area (Å²) in [6, 6.07) is 1.64. The number of hydrogen-bond donors (Lipinski definition) is 2. The lowest BCUT2D eigenvalue weighted by molar-refractivity contribution is 0.168. The van der Waals surface area contributed by atoms with Crippen LogP contribution in [0, 0.1) is 0 Å². The maximum Gasteiger partial charge on any atom is 0.208 e. The van der Waals surface area contributed by atoms with Gasteiger partial charge in [0, 0.05) is 12.1 Å². The molecule has 5 nitrogen and oxygen atoms in total. The van der Waals surface area contributed by atoms with Crippen molar-refractivity contribution in [1.82, 2.24) is 4.72 Å². The maximum absolute atomic E-state index is 10.7. The number of aliphatic hydroxyl groups excluding tert-OH is 1. The number of nitrogens with one attached hydrogen (secondary N) is 1. The third-order valence-electron chi connectivity index (χ3n) is 1.71. The SMILES string of the molecule is CS(=O)(=O)NCCC(O)c1ccoc1. The van der Waals surface area contributed by atoms with E-state index in [0.717, 1.165) is 6.26 Å². The van der Waals surface area contributed by atoms with Crippen LogP contribution in [0.2, 0.25) is 0 Å². The lowest BCUT2D eigenvalue weighted by Gasteiger charge is -2.07. The Morgan fingerprint density at radius 3 is 2.86 bits per heavy atom. The predicted molar refractivity (Wildman–Crippen MR) is 51.1 cm³/mol. The van der Waals surface area contributed by atoms with Gasteiger partial charge in [-0.05, 0) is 12.5 Å². The van der Waals surface area contributed by atoms with Gasteiger partial charge in [0.25, 0.3) is 0 Å². The highest BCUT2D eigenvalue weighted by Gasteiger charge is 2.09. The summed E-state index contributed by atoms with van der Waals surface area (Å²) in [6.07, 6.45) is 3.61. The van der Waals surface area contributed by atoms with E-state index in [0.29, 0.717) is 12.0 Å². The summed E-state index contributed by atoms with van der Waals surface area (Å²) in [5, 5.41) is 9.51. The fourth-order valence-electron chi connectivity index (χ4n) is 1.01. The van der Waals surface area contributed by atoms with Crippen LogP contribution in [0.4, 0.5) is 0 Å². The third kappa shape index (κ3) is 3.91. The lowest BCUT2D eigenvalue weighted by atomic mass is 10.1. The number of sulfonamides is 1. The summed E-state index contributed by atoms with van der Waals surface area (Å²) < 4.78 is 28.5. The van der Waals surface area contributed by atoms with Gasteiger partial charge in [0.2, 0.25) is 10.0 Å². The van der Waals surface area contributed by atoms with E-state index in [1.807, 2.05) is 0 Å². The van der Waals surface area contributed by atoms with E-state index < -0.39 is 16.1 Å². The van der Waals surface area contributed by atoms with Gasteiger partial charge in [0.15, 0.2) is 0 Å². The molecule has 0 aliphatic rings. The molecule has 0 bridgehead atoms. The first-order valence-corrected chi connectivity index (χ1v) is 6.03. The van der Waals surface area contributed by atoms with Crippen LogP contribution in [0.1, 0.15) is 18.1 Å². The zero-order chi connectivity index (χ0) is 10.6. The molecule has 0 spiro atoms. The van der Waals surface area contributed by atoms with Crippen molar-refractivity contribution < 1.29 is 17.9 Å². The highest BCUT2D eigenvalue weighted by Crippen LogP contribution is 2.15. The summed E-state index contributed by atoms with van der Waals surface area (Å²) in [7, 11) is -3.17. The molecule has 2 N–H and O–H groups in total.